The molecule has 0 unspecified atom stereocenters. The highest BCUT2D eigenvalue weighted by Gasteiger charge is 2.38. The van der Waals surface area contributed by atoms with Crippen LogP contribution in [-0.2, 0) is 16.1 Å². The van der Waals surface area contributed by atoms with Crippen LogP contribution in [0, 0.1) is 19.8 Å². The molecule has 1 saturated heterocycles. The summed E-state index contributed by atoms with van der Waals surface area (Å²) in [5.41, 5.74) is 3.50. The van der Waals surface area contributed by atoms with Gasteiger partial charge in [-0.25, -0.2) is 0 Å². The third-order valence-corrected chi connectivity index (χ3v) is 4.53. The van der Waals surface area contributed by atoms with Crippen LogP contribution in [-0.4, -0.2) is 40.7 Å². The molecule has 0 bridgehead atoms. The molecule has 4 nitrogen and oxygen atoms in total. The number of carbonyl (C=O) groups excluding carboxylic acids is 2. The minimum Gasteiger partial charge on any atom is -0.332 e. The van der Waals surface area contributed by atoms with Gasteiger partial charge < -0.3 is 9.80 Å². The molecule has 4 heteroatoms. The monoisotopic (exact) mass is 316 g/mol. The summed E-state index contributed by atoms with van der Waals surface area (Å²) >= 11 is 0. The predicted molar refractivity (Wildman–Crippen MR) is 92.0 cm³/mol. The number of likely N-dealkylation sites (N-methyl/N-ethyl adjacent to an activating group) is 1. The normalized spacial score (nSPS) is 19.0. The lowest BCUT2D eigenvalue weighted by Gasteiger charge is -2.41. The van der Waals surface area contributed by atoms with Crippen molar-refractivity contribution in [2.24, 2.45) is 5.92 Å². The summed E-state index contributed by atoms with van der Waals surface area (Å²) in [6.07, 6.45) is 0.714. The van der Waals surface area contributed by atoms with Crippen LogP contribution in [0.3, 0.4) is 0 Å². The molecule has 126 valence electrons. The van der Waals surface area contributed by atoms with Crippen molar-refractivity contribution >= 4 is 11.8 Å². The van der Waals surface area contributed by atoms with Crippen LogP contribution in [0.2, 0.25) is 0 Å². The molecule has 0 N–H and O–H groups in total. The van der Waals surface area contributed by atoms with E-state index in [1.165, 1.54) is 11.1 Å². The fourth-order valence-electron chi connectivity index (χ4n) is 3.20. The molecule has 2 amide bonds. The van der Waals surface area contributed by atoms with Gasteiger partial charge >= 0.3 is 0 Å². The number of hydrogen-bond donors (Lipinski definition) is 0. The fraction of sp³-hybridized carbons (Fsp3) is 0.579. The topological polar surface area (TPSA) is 40.6 Å². The molecule has 1 aromatic rings. The lowest BCUT2D eigenvalue weighted by atomic mass is 9.97. The molecule has 2 rings (SSSR count). The van der Waals surface area contributed by atoms with E-state index in [4.69, 9.17) is 0 Å². The number of benzene rings is 1. The standard InChI is InChI=1S/C19H28N2O2/c1-6-20-12-18(22)21(17(19(20)23)9-13(2)3)11-16-8-7-14(4)10-15(16)5/h7-8,10,13,17H,6,9,11-12H2,1-5H3/t17-/m0/s1. The Morgan fingerprint density at radius 1 is 1.22 bits per heavy atom. The highest BCUT2D eigenvalue weighted by molar-refractivity contribution is 5.94. The van der Waals surface area contributed by atoms with Gasteiger partial charge in [0.05, 0.1) is 6.54 Å². The van der Waals surface area contributed by atoms with Crippen molar-refractivity contribution in [1.82, 2.24) is 9.80 Å². The summed E-state index contributed by atoms with van der Waals surface area (Å²) in [5, 5.41) is 0. The number of nitrogens with zero attached hydrogens (tertiary/aromatic N) is 2. The van der Waals surface area contributed by atoms with Gasteiger partial charge in [0.1, 0.15) is 6.04 Å². The van der Waals surface area contributed by atoms with Crippen LogP contribution in [0.4, 0.5) is 0 Å². The zero-order valence-electron chi connectivity index (χ0n) is 14.9. The first-order valence-corrected chi connectivity index (χ1v) is 8.47. The SMILES string of the molecule is CCN1CC(=O)N(Cc2ccc(C)cc2C)[C@@H](CC(C)C)C1=O. The number of amides is 2. The second-order valence-corrected chi connectivity index (χ2v) is 6.95. The maximum atomic E-state index is 12.7. The van der Waals surface area contributed by atoms with Crippen LogP contribution in [0.1, 0.15) is 43.9 Å². The molecular weight excluding hydrogens is 288 g/mol. The van der Waals surface area contributed by atoms with Crippen molar-refractivity contribution in [2.75, 3.05) is 13.1 Å². The summed E-state index contributed by atoms with van der Waals surface area (Å²) < 4.78 is 0. The molecule has 1 fully saturated rings. The van der Waals surface area contributed by atoms with Crippen LogP contribution in [0.25, 0.3) is 0 Å². The van der Waals surface area contributed by atoms with E-state index in [0.29, 0.717) is 25.4 Å². The molecule has 0 radical (unpaired) electrons. The van der Waals surface area contributed by atoms with Crippen LogP contribution >= 0.6 is 0 Å². The molecule has 0 aliphatic carbocycles. The quantitative estimate of drug-likeness (QED) is 0.838. The van der Waals surface area contributed by atoms with Gasteiger partial charge in [-0.2, -0.15) is 0 Å². The van der Waals surface area contributed by atoms with E-state index in [-0.39, 0.29) is 24.4 Å². The van der Waals surface area contributed by atoms with Gasteiger partial charge in [-0.05, 0) is 44.2 Å². The first-order chi connectivity index (χ1) is 10.8. The highest BCUT2D eigenvalue weighted by atomic mass is 16.2. The number of hydrogen-bond acceptors (Lipinski definition) is 2. The van der Waals surface area contributed by atoms with E-state index in [1.54, 1.807) is 9.80 Å². The summed E-state index contributed by atoms with van der Waals surface area (Å²) in [7, 11) is 0. The molecule has 1 aliphatic rings. The third-order valence-electron chi connectivity index (χ3n) is 4.53. The molecule has 0 spiro atoms. The van der Waals surface area contributed by atoms with Gasteiger partial charge in [-0.1, -0.05) is 37.6 Å². The van der Waals surface area contributed by atoms with Crippen LogP contribution in [0.15, 0.2) is 18.2 Å². The van der Waals surface area contributed by atoms with Gasteiger partial charge in [0, 0.05) is 13.1 Å². The molecule has 23 heavy (non-hydrogen) atoms. The summed E-state index contributed by atoms with van der Waals surface area (Å²) in [4.78, 5) is 28.8. The van der Waals surface area contributed by atoms with Gasteiger partial charge in [0.2, 0.25) is 11.8 Å². The van der Waals surface area contributed by atoms with Crippen LogP contribution < -0.4 is 0 Å². The van der Waals surface area contributed by atoms with Crippen LogP contribution in [0.5, 0.6) is 0 Å². The van der Waals surface area contributed by atoms with Crippen molar-refractivity contribution in [3.63, 3.8) is 0 Å². The van der Waals surface area contributed by atoms with Gasteiger partial charge in [-0.15, -0.1) is 0 Å². The van der Waals surface area contributed by atoms with Crippen molar-refractivity contribution in [1.29, 1.82) is 0 Å². The zero-order chi connectivity index (χ0) is 17.1. The number of aryl methyl sites for hydroxylation is 2. The largest absolute Gasteiger partial charge is 0.332 e. The Hall–Kier alpha value is -1.84. The third kappa shape index (κ3) is 3.92. The molecule has 0 saturated carbocycles. The fourth-order valence-corrected chi connectivity index (χ4v) is 3.20. The summed E-state index contributed by atoms with van der Waals surface area (Å²) in [6.45, 7) is 11.6. The maximum Gasteiger partial charge on any atom is 0.245 e. The van der Waals surface area contributed by atoms with Crippen molar-refractivity contribution in [2.45, 2.75) is 53.6 Å². The lowest BCUT2D eigenvalue weighted by Crippen LogP contribution is -2.59. The Morgan fingerprint density at radius 3 is 2.48 bits per heavy atom. The second kappa shape index (κ2) is 7.16. The average Bonchev–Trinajstić information content (AvgIpc) is 2.48. The van der Waals surface area contributed by atoms with E-state index in [9.17, 15) is 9.59 Å². The zero-order valence-corrected chi connectivity index (χ0v) is 14.9. The minimum atomic E-state index is -0.336. The van der Waals surface area contributed by atoms with Crippen molar-refractivity contribution < 1.29 is 9.59 Å². The molecule has 1 heterocycles. The Balaban J connectivity index is 2.28. The Morgan fingerprint density at radius 2 is 1.91 bits per heavy atom. The Labute approximate surface area is 139 Å². The predicted octanol–water partition coefficient (Wildman–Crippen LogP) is 2.91. The van der Waals surface area contributed by atoms with Gasteiger partial charge in [-0.3, -0.25) is 9.59 Å². The van der Waals surface area contributed by atoms with E-state index in [0.717, 1.165) is 5.56 Å². The Bertz CT molecular complexity index is 595. The molecule has 1 aliphatic heterocycles. The first kappa shape index (κ1) is 17.5. The van der Waals surface area contributed by atoms with E-state index in [2.05, 4.69) is 45.9 Å². The van der Waals surface area contributed by atoms with Crippen molar-refractivity contribution in [3.05, 3.63) is 34.9 Å². The average molecular weight is 316 g/mol. The van der Waals surface area contributed by atoms with E-state index < -0.39 is 0 Å². The molecule has 1 aromatic carbocycles. The first-order valence-electron chi connectivity index (χ1n) is 8.47. The minimum absolute atomic E-state index is 0.0528. The molecular formula is C19H28N2O2. The summed E-state index contributed by atoms with van der Waals surface area (Å²) in [5.74, 6) is 0.512. The highest BCUT2D eigenvalue weighted by Crippen LogP contribution is 2.23. The lowest BCUT2D eigenvalue weighted by molar-refractivity contribution is -0.157. The number of carbonyl (C=O) groups is 2. The molecule has 1 atom stereocenters. The van der Waals surface area contributed by atoms with E-state index in [1.807, 2.05) is 6.92 Å². The number of rotatable bonds is 5. The Kier molecular flexibility index (Phi) is 5.45. The second-order valence-electron chi connectivity index (χ2n) is 6.95. The van der Waals surface area contributed by atoms with Gasteiger partial charge in [0.15, 0.2) is 0 Å². The molecule has 0 aromatic heterocycles. The summed E-state index contributed by atoms with van der Waals surface area (Å²) in [6, 6.07) is 5.92. The maximum absolute atomic E-state index is 12.7. The van der Waals surface area contributed by atoms with E-state index >= 15 is 0 Å². The number of piperazine rings is 1. The smallest absolute Gasteiger partial charge is 0.245 e. The van der Waals surface area contributed by atoms with Crippen molar-refractivity contribution in [3.8, 4) is 0 Å². The van der Waals surface area contributed by atoms with Gasteiger partial charge in [0.25, 0.3) is 0 Å².